The maximum atomic E-state index is 11.2. The molecule has 1 fully saturated rings. The highest BCUT2D eigenvalue weighted by molar-refractivity contribution is 5.74. The van der Waals surface area contributed by atoms with Crippen molar-refractivity contribution >= 4 is 5.97 Å². The average Bonchev–Trinajstić information content (AvgIpc) is 2.39. The van der Waals surface area contributed by atoms with E-state index in [4.69, 9.17) is 4.74 Å². The van der Waals surface area contributed by atoms with Gasteiger partial charge >= 0.3 is 5.97 Å². The number of hydrogen-bond acceptors (Lipinski definition) is 4. The molecule has 1 aliphatic rings. The summed E-state index contributed by atoms with van der Waals surface area (Å²) in [5, 5.41) is 12.3. The summed E-state index contributed by atoms with van der Waals surface area (Å²) in [6, 6.07) is 7.29. The minimum absolute atomic E-state index is 0.454. The molecular weight excluding hydrogens is 232 g/mol. The summed E-state index contributed by atoms with van der Waals surface area (Å²) >= 11 is 0. The van der Waals surface area contributed by atoms with Crippen molar-refractivity contribution in [2.45, 2.75) is 12.6 Å². The number of piperazine rings is 1. The molecular formula is C13H18N2O3. The SMILES string of the molecule is COc1cccc(CN2CCNCC2C(=O)O)c1. The molecule has 0 bridgehead atoms. The van der Waals surface area contributed by atoms with Gasteiger partial charge in [0, 0.05) is 26.2 Å². The average molecular weight is 250 g/mol. The standard InChI is InChI=1S/C13H18N2O3/c1-18-11-4-2-3-10(7-11)9-15-6-5-14-8-12(15)13(16)17/h2-4,7,12,14H,5-6,8-9H2,1H3,(H,16,17). The number of rotatable bonds is 4. The molecule has 1 aromatic rings. The van der Waals surface area contributed by atoms with Crippen LogP contribution in [-0.4, -0.2) is 48.8 Å². The zero-order valence-corrected chi connectivity index (χ0v) is 10.4. The smallest absolute Gasteiger partial charge is 0.322 e. The number of ether oxygens (including phenoxy) is 1. The quantitative estimate of drug-likeness (QED) is 0.817. The van der Waals surface area contributed by atoms with Gasteiger partial charge in [0.1, 0.15) is 11.8 Å². The Morgan fingerprint density at radius 1 is 1.61 bits per heavy atom. The number of carbonyl (C=O) groups is 1. The van der Waals surface area contributed by atoms with Gasteiger partial charge in [-0.25, -0.2) is 0 Å². The van der Waals surface area contributed by atoms with Crippen LogP contribution in [0.1, 0.15) is 5.56 Å². The van der Waals surface area contributed by atoms with Crippen molar-refractivity contribution in [2.75, 3.05) is 26.7 Å². The van der Waals surface area contributed by atoms with E-state index in [0.29, 0.717) is 13.1 Å². The van der Waals surface area contributed by atoms with Gasteiger partial charge < -0.3 is 15.2 Å². The lowest BCUT2D eigenvalue weighted by Crippen LogP contribution is -2.54. The van der Waals surface area contributed by atoms with E-state index in [1.165, 1.54) is 0 Å². The number of aliphatic carboxylic acids is 1. The van der Waals surface area contributed by atoms with Crippen molar-refractivity contribution < 1.29 is 14.6 Å². The molecule has 0 amide bonds. The highest BCUT2D eigenvalue weighted by Gasteiger charge is 2.28. The molecule has 2 rings (SSSR count). The zero-order valence-electron chi connectivity index (χ0n) is 10.4. The number of nitrogens with one attached hydrogen (secondary N) is 1. The molecule has 0 saturated carbocycles. The third-order valence-electron chi connectivity index (χ3n) is 3.16. The predicted octanol–water partition coefficient (Wildman–Crippen LogP) is 0.554. The Morgan fingerprint density at radius 3 is 3.17 bits per heavy atom. The van der Waals surface area contributed by atoms with Gasteiger partial charge in [-0.1, -0.05) is 12.1 Å². The summed E-state index contributed by atoms with van der Waals surface area (Å²) in [6.07, 6.45) is 0. The van der Waals surface area contributed by atoms with Crippen LogP contribution in [0.5, 0.6) is 5.75 Å². The lowest BCUT2D eigenvalue weighted by Gasteiger charge is -2.33. The molecule has 1 aromatic carbocycles. The van der Waals surface area contributed by atoms with Crippen LogP contribution in [0.15, 0.2) is 24.3 Å². The molecule has 1 saturated heterocycles. The first-order chi connectivity index (χ1) is 8.70. The molecule has 0 radical (unpaired) electrons. The van der Waals surface area contributed by atoms with E-state index in [-0.39, 0.29) is 0 Å². The van der Waals surface area contributed by atoms with Crippen LogP contribution in [0.3, 0.4) is 0 Å². The van der Waals surface area contributed by atoms with Gasteiger partial charge in [-0.05, 0) is 17.7 Å². The summed E-state index contributed by atoms with van der Waals surface area (Å²) in [6.45, 7) is 2.71. The van der Waals surface area contributed by atoms with Crippen molar-refractivity contribution in [3.63, 3.8) is 0 Å². The molecule has 1 heterocycles. The first-order valence-electron chi connectivity index (χ1n) is 6.01. The van der Waals surface area contributed by atoms with E-state index in [1.54, 1.807) is 7.11 Å². The highest BCUT2D eigenvalue weighted by atomic mass is 16.5. The molecule has 98 valence electrons. The second-order valence-corrected chi connectivity index (χ2v) is 4.38. The number of carboxylic acid groups (broad SMARTS) is 1. The fourth-order valence-corrected chi connectivity index (χ4v) is 2.18. The van der Waals surface area contributed by atoms with Crippen LogP contribution < -0.4 is 10.1 Å². The molecule has 1 atom stereocenters. The van der Waals surface area contributed by atoms with Gasteiger partial charge in [-0.15, -0.1) is 0 Å². The van der Waals surface area contributed by atoms with Crippen molar-refractivity contribution in [3.05, 3.63) is 29.8 Å². The van der Waals surface area contributed by atoms with Crippen LogP contribution >= 0.6 is 0 Å². The minimum atomic E-state index is -0.773. The second kappa shape index (κ2) is 5.84. The van der Waals surface area contributed by atoms with Gasteiger partial charge in [0.15, 0.2) is 0 Å². The maximum absolute atomic E-state index is 11.2. The van der Waals surface area contributed by atoms with E-state index in [1.807, 2.05) is 29.2 Å². The van der Waals surface area contributed by atoms with Gasteiger partial charge in [-0.2, -0.15) is 0 Å². The highest BCUT2D eigenvalue weighted by Crippen LogP contribution is 2.16. The third kappa shape index (κ3) is 3.00. The van der Waals surface area contributed by atoms with Gasteiger partial charge in [0.2, 0.25) is 0 Å². The molecule has 0 aliphatic carbocycles. The summed E-state index contributed by atoms with van der Waals surface area (Å²) in [4.78, 5) is 13.2. The lowest BCUT2D eigenvalue weighted by atomic mass is 10.1. The minimum Gasteiger partial charge on any atom is -0.497 e. The number of benzene rings is 1. The number of nitrogens with zero attached hydrogens (tertiary/aromatic N) is 1. The molecule has 1 unspecified atom stereocenters. The predicted molar refractivity (Wildman–Crippen MR) is 67.7 cm³/mol. The molecule has 18 heavy (non-hydrogen) atoms. The van der Waals surface area contributed by atoms with Crippen molar-refractivity contribution in [1.29, 1.82) is 0 Å². The second-order valence-electron chi connectivity index (χ2n) is 4.38. The normalized spacial score (nSPS) is 20.6. The van der Waals surface area contributed by atoms with Crippen molar-refractivity contribution in [1.82, 2.24) is 10.2 Å². The molecule has 0 spiro atoms. The Kier molecular flexibility index (Phi) is 4.17. The van der Waals surface area contributed by atoms with Crippen LogP contribution in [0.25, 0.3) is 0 Å². The summed E-state index contributed by atoms with van der Waals surface area (Å²) in [7, 11) is 1.63. The van der Waals surface area contributed by atoms with E-state index in [0.717, 1.165) is 24.4 Å². The Labute approximate surface area is 106 Å². The molecule has 2 N–H and O–H groups in total. The largest absolute Gasteiger partial charge is 0.497 e. The van der Waals surface area contributed by atoms with Crippen LogP contribution in [0, 0.1) is 0 Å². The third-order valence-corrected chi connectivity index (χ3v) is 3.16. The van der Waals surface area contributed by atoms with Gasteiger partial charge in [-0.3, -0.25) is 9.69 Å². The van der Waals surface area contributed by atoms with Crippen LogP contribution in [-0.2, 0) is 11.3 Å². The van der Waals surface area contributed by atoms with Crippen LogP contribution in [0.2, 0.25) is 0 Å². The summed E-state index contributed by atoms with van der Waals surface area (Å²) in [5.41, 5.74) is 1.07. The lowest BCUT2D eigenvalue weighted by molar-refractivity contribution is -0.144. The molecule has 1 aliphatic heterocycles. The van der Waals surface area contributed by atoms with E-state index < -0.39 is 12.0 Å². The fraction of sp³-hybridized carbons (Fsp3) is 0.462. The summed E-state index contributed by atoms with van der Waals surface area (Å²) < 4.78 is 5.17. The fourth-order valence-electron chi connectivity index (χ4n) is 2.18. The van der Waals surface area contributed by atoms with E-state index in [2.05, 4.69) is 5.32 Å². The first-order valence-corrected chi connectivity index (χ1v) is 6.01. The molecule has 5 heteroatoms. The number of carboxylic acids is 1. The van der Waals surface area contributed by atoms with Gasteiger partial charge in [0.25, 0.3) is 0 Å². The zero-order chi connectivity index (χ0) is 13.0. The van der Waals surface area contributed by atoms with Crippen LogP contribution in [0.4, 0.5) is 0 Å². The molecule has 5 nitrogen and oxygen atoms in total. The Balaban J connectivity index is 2.08. The maximum Gasteiger partial charge on any atom is 0.322 e. The monoisotopic (exact) mass is 250 g/mol. The molecule has 0 aromatic heterocycles. The van der Waals surface area contributed by atoms with Crippen molar-refractivity contribution in [2.24, 2.45) is 0 Å². The number of methoxy groups -OCH3 is 1. The number of hydrogen-bond donors (Lipinski definition) is 2. The Morgan fingerprint density at radius 2 is 2.44 bits per heavy atom. The Hall–Kier alpha value is -1.59. The summed E-state index contributed by atoms with van der Waals surface area (Å²) in [5.74, 6) is 0.0274. The first kappa shape index (κ1) is 12.9. The van der Waals surface area contributed by atoms with E-state index in [9.17, 15) is 9.90 Å². The van der Waals surface area contributed by atoms with Crippen molar-refractivity contribution in [3.8, 4) is 5.75 Å². The van der Waals surface area contributed by atoms with E-state index >= 15 is 0 Å². The Bertz CT molecular complexity index is 422. The topological polar surface area (TPSA) is 61.8 Å². The van der Waals surface area contributed by atoms with Gasteiger partial charge in [0.05, 0.1) is 7.11 Å².